The van der Waals surface area contributed by atoms with Gasteiger partial charge in [0.05, 0.1) is 0 Å². The van der Waals surface area contributed by atoms with Crippen LogP contribution in [0.5, 0.6) is 0 Å². The monoisotopic (exact) mass is 351 g/mol. The van der Waals surface area contributed by atoms with Crippen LogP contribution in [0.2, 0.25) is 0 Å². The Labute approximate surface area is 134 Å². The van der Waals surface area contributed by atoms with E-state index in [1.54, 1.807) is 0 Å². The molecule has 2 saturated heterocycles. The van der Waals surface area contributed by atoms with Gasteiger partial charge in [-0.25, -0.2) is 0 Å². The van der Waals surface area contributed by atoms with Crippen molar-refractivity contribution < 1.29 is 4.79 Å². The van der Waals surface area contributed by atoms with E-state index >= 15 is 0 Å². The first kappa shape index (κ1) is 15.0. The largest absolute Gasteiger partial charge is 0.338 e. The molecule has 2 atom stereocenters. The van der Waals surface area contributed by atoms with Crippen molar-refractivity contribution in [3.8, 4) is 0 Å². The summed E-state index contributed by atoms with van der Waals surface area (Å²) in [5.74, 6) is 0.0383. The number of benzene rings is 1. The first-order valence-electron chi connectivity index (χ1n) is 7.57. The van der Waals surface area contributed by atoms with Gasteiger partial charge >= 0.3 is 0 Å². The van der Waals surface area contributed by atoms with Crippen molar-refractivity contribution in [2.24, 2.45) is 5.73 Å². The minimum atomic E-state index is -0.957. The van der Waals surface area contributed by atoms with Crippen molar-refractivity contribution >= 4 is 21.8 Å². The molecule has 0 bridgehead atoms. The van der Waals surface area contributed by atoms with E-state index in [9.17, 15) is 4.79 Å². The Hall–Kier alpha value is -0.910. The predicted molar refractivity (Wildman–Crippen MR) is 86.9 cm³/mol. The molecular weight excluding hydrogens is 330 g/mol. The van der Waals surface area contributed by atoms with Crippen LogP contribution in [0.3, 0.4) is 0 Å². The number of carbonyl (C=O) groups is 1. The van der Waals surface area contributed by atoms with Crippen molar-refractivity contribution in [2.45, 2.75) is 31.3 Å². The number of halogens is 1. The van der Waals surface area contributed by atoms with Gasteiger partial charge in [-0.3, -0.25) is 9.69 Å². The molecule has 1 aromatic carbocycles. The summed E-state index contributed by atoms with van der Waals surface area (Å²) in [4.78, 5) is 17.3. The van der Waals surface area contributed by atoms with E-state index in [4.69, 9.17) is 5.73 Å². The second kappa shape index (κ2) is 5.71. The fourth-order valence-electron chi connectivity index (χ4n) is 3.42. The lowest BCUT2D eigenvalue weighted by Gasteiger charge is -2.40. The molecule has 2 aliphatic heterocycles. The van der Waals surface area contributed by atoms with Crippen LogP contribution in [0.25, 0.3) is 0 Å². The molecule has 114 valence electrons. The van der Waals surface area contributed by atoms with Crippen molar-refractivity contribution in [2.75, 3.05) is 26.2 Å². The molecule has 0 radical (unpaired) electrons. The molecule has 2 fully saturated rings. The Morgan fingerprint density at radius 2 is 2.00 bits per heavy atom. The lowest BCUT2D eigenvalue weighted by molar-refractivity contribution is -0.139. The van der Waals surface area contributed by atoms with Crippen LogP contribution in [0, 0.1) is 0 Å². The first-order valence-corrected chi connectivity index (χ1v) is 8.36. The standard InChI is InChI=1S/C16H22BrN3O/c1-16(18,12-4-6-13(17)7-5-12)15(21)20-10-9-19-8-2-3-14(19)11-20/h4-7,14H,2-3,8-11,18H2,1H3. The second-order valence-corrected chi connectivity index (χ2v) is 7.21. The number of rotatable bonds is 2. The van der Waals surface area contributed by atoms with Crippen LogP contribution in [-0.2, 0) is 10.3 Å². The van der Waals surface area contributed by atoms with Gasteiger partial charge in [-0.05, 0) is 44.0 Å². The van der Waals surface area contributed by atoms with Crippen molar-refractivity contribution in [3.63, 3.8) is 0 Å². The van der Waals surface area contributed by atoms with Crippen LogP contribution in [0.4, 0.5) is 0 Å². The summed E-state index contributed by atoms with van der Waals surface area (Å²) in [5, 5.41) is 0. The summed E-state index contributed by atoms with van der Waals surface area (Å²) in [6, 6.07) is 8.25. The van der Waals surface area contributed by atoms with E-state index in [0.29, 0.717) is 6.04 Å². The highest BCUT2D eigenvalue weighted by molar-refractivity contribution is 9.10. The normalized spacial score (nSPS) is 25.5. The zero-order valence-electron chi connectivity index (χ0n) is 12.4. The molecule has 0 spiro atoms. The predicted octanol–water partition coefficient (Wildman–Crippen LogP) is 1.93. The van der Waals surface area contributed by atoms with Crippen LogP contribution in [-0.4, -0.2) is 47.9 Å². The summed E-state index contributed by atoms with van der Waals surface area (Å²) in [7, 11) is 0. The Kier molecular flexibility index (Phi) is 4.08. The lowest BCUT2D eigenvalue weighted by Crippen LogP contribution is -2.58. The number of piperazine rings is 1. The van der Waals surface area contributed by atoms with Crippen molar-refractivity contribution in [1.82, 2.24) is 9.80 Å². The first-order chi connectivity index (χ1) is 9.98. The van der Waals surface area contributed by atoms with Gasteiger partial charge in [0.1, 0.15) is 5.54 Å². The fraction of sp³-hybridized carbons (Fsp3) is 0.562. The third-order valence-corrected chi connectivity index (χ3v) is 5.29. The molecule has 1 aromatic rings. The van der Waals surface area contributed by atoms with Crippen LogP contribution in [0.1, 0.15) is 25.3 Å². The maximum atomic E-state index is 12.9. The molecule has 2 unspecified atom stereocenters. The molecule has 5 heteroatoms. The molecular formula is C16H22BrN3O. The Balaban J connectivity index is 1.75. The van der Waals surface area contributed by atoms with E-state index < -0.39 is 5.54 Å². The fourth-order valence-corrected chi connectivity index (χ4v) is 3.69. The van der Waals surface area contributed by atoms with Crippen LogP contribution in [0.15, 0.2) is 28.7 Å². The van der Waals surface area contributed by atoms with E-state index in [0.717, 1.165) is 29.7 Å². The average molecular weight is 352 g/mol. The summed E-state index contributed by atoms with van der Waals surface area (Å²) < 4.78 is 0.995. The van der Waals surface area contributed by atoms with E-state index in [2.05, 4.69) is 20.8 Å². The van der Waals surface area contributed by atoms with Gasteiger partial charge in [0, 0.05) is 30.1 Å². The molecule has 3 rings (SSSR count). The number of carbonyl (C=O) groups excluding carboxylic acids is 1. The van der Waals surface area contributed by atoms with Crippen molar-refractivity contribution in [1.29, 1.82) is 0 Å². The number of hydrogen-bond donors (Lipinski definition) is 1. The van der Waals surface area contributed by atoms with Crippen LogP contribution < -0.4 is 5.73 Å². The Bertz CT molecular complexity index is 529. The molecule has 0 saturated carbocycles. The smallest absolute Gasteiger partial charge is 0.247 e. The third kappa shape index (κ3) is 2.87. The zero-order chi connectivity index (χ0) is 15.0. The van der Waals surface area contributed by atoms with Gasteiger partial charge in [0.2, 0.25) is 5.91 Å². The summed E-state index contributed by atoms with van der Waals surface area (Å²) in [6.07, 6.45) is 2.45. The Morgan fingerprint density at radius 3 is 2.71 bits per heavy atom. The molecule has 2 heterocycles. The van der Waals surface area contributed by atoms with Gasteiger partial charge in [0.25, 0.3) is 0 Å². The number of hydrogen-bond acceptors (Lipinski definition) is 3. The number of fused-ring (bicyclic) bond motifs is 1. The minimum Gasteiger partial charge on any atom is -0.338 e. The molecule has 0 aromatic heterocycles. The molecule has 1 amide bonds. The molecule has 2 aliphatic rings. The van der Waals surface area contributed by atoms with E-state index in [1.807, 2.05) is 36.1 Å². The van der Waals surface area contributed by atoms with Crippen LogP contribution >= 0.6 is 15.9 Å². The highest BCUT2D eigenvalue weighted by atomic mass is 79.9. The van der Waals surface area contributed by atoms with Gasteiger partial charge in [-0.15, -0.1) is 0 Å². The Morgan fingerprint density at radius 1 is 1.29 bits per heavy atom. The maximum absolute atomic E-state index is 12.9. The van der Waals surface area contributed by atoms with Gasteiger partial charge < -0.3 is 10.6 Å². The summed E-state index contributed by atoms with van der Waals surface area (Å²) in [5.41, 5.74) is 6.29. The molecule has 2 N–H and O–H groups in total. The highest BCUT2D eigenvalue weighted by Crippen LogP contribution is 2.26. The maximum Gasteiger partial charge on any atom is 0.247 e. The summed E-state index contributed by atoms with van der Waals surface area (Å²) in [6.45, 7) is 5.59. The average Bonchev–Trinajstić information content (AvgIpc) is 2.94. The molecule has 21 heavy (non-hydrogen) atoms. The number of nitrogens with two attached hydrogens (primary N) is 1. The van der Waals surface area contributed by atoms with E-state index in [1.165, 1.54) is 19.4 Å². The van der Waals surface area contributed by atoms with E-state index in [-0.39, 0.29) is 5.91 Å². The zero-order valence-corrected chi connectivity index (χ0v) is 14.0. The highest BCUT2D eigenvalue weighted by Gasteiger charge is 2.39. The number of amides is 1. The van der Waals surface area contributed by atoms with Gasteiger partial charge in [-0.1, -0.05) is 28.1 Å². The molecule has 4 nitrogen and oxygen atoms in total. The summed E-state index contributed by atoms with van der Waals surface area (Å²) >= 11 is 3.41. The second-order valence-electron chi connectivity index (χ2n) is 6.29. The van der Waals surface area contributed by atoms with Gasteiger partial charge in [-0.2, -0.15) is 0 Å². The SMILES string of the molecule is CC(N)(C(=O)N1CCN2CCCC2C1)c1ccc(Br)cc1. The molecule has 0 aliphatic carbocycles. The minimum absolute atomic E-state index is 0.0383. The quantitative estimate of drug-likeness (QED) is 0.885. The lowest BCUT2D eigenvalue weighted by atomic mass is 9.91. The number of nitrogens with zero attached hydrogens (tertiary/aromatic N) is 2. The van der Waals surface area contributed by atoms with Crippen molar-refractivity contribution in [3.05, 3.63) is 34.3 Å². The topological polar surface area (TPSA) is 49.6 Å². The van der Waals surface area contributed by atoms with Gasteiger partial charge in [0.15, 0.2) is 0 Å². The third-order valence-electron chi connectivity index (χ3n) is 4.76.